The Morgan fingerprint density at radius 3 is 2.53 bits per heavy atom. The third-order valence-electron chi connectivity index (χ3n) is 3.17. The van der Waals surface area contributed by atoms with Gasteiger partial charge in [0.15, 0.2) is 0 Å². The van der Waals surface area contributed by atoms with Crippen LogP contribution in [-0.4, -0.2) is 25.3 Å². The lowest BCUT2D eigenvalue weighted by Gasteiger charge is -2.27. The molecule has 0 fully saturated rings. The van der Waals surface area contributed by atoms with E-state index >= 15 is 0 Å². The van der Waals surface area contributed by atoms with E-state index in [1.165, 1.54) is 0 Å². The number of ether oxygens (including phenoxy) is 1. The molecule has 2 unspecified atom stereocenters. The zero-order valence-electron chi connectivity index (χ0n) is 11.9. The molecule has 4 heteroatoms. The number of rotatable bonds is 8. The Morgan fingerprint density at radius 1 is 1.21 bits per heavy atom. The average molecular weight is 304 g/mol. The Balaban J connectivity index is 2.85. The van der Waals surface area contributed by atoms with Crippen LogP contribution < -0.4 is 5.32 Å². The first-order chi connectivity index (χ1) is 9.13. The second kappa shape index (κ2) is 8.80. The smallest absolute Gasteiger partial charge is 0.0728 e. The lowest BCUT2D eigenvalue weighted by molar-refractivity contribution is 0.0323. The molecule has 0 spiro atoms. The van der Waals surface area contributed by atoms with Crippen LogP contribution in [0.4, 0.5) is 0 Å². The largest absolute Gasteiger partial charge is 0.377 e. The van der Waals surface area contributed by atoms with E-state index in [9.17, 15) is 0 Å². The molecule has 1 aromatic carbocycles. The fraction of sp³-hybridized carbons (Fsp3) is 0.600. The maximum Gasteiger partial charge on any atom is 0.0728 e. The number of hydrogen-bond acceptors (Lipinski definition) is 2. The van der Waals surface area contributed by atoms with Gasteiger partial charge in [-0.2, -0.15) is 0 Å². The number of hydrogen-bond donors (Lipinski definition) is 1. The third kappa shape index (κ3) is 4.96. The summed E-state index contributed by atoms with van der Waals surface area (Å²) in [6.07, 6.45) is 2.00. The summed E-state index contributed by atoms with van der Waals surface area (Å²) in [4.78, 5) is 0. The molecule has 0 saturated carbocycles. The van der Waals surface area contributed by atoms with Crippen molar-refractivity contribution in [2.75, 3.05) is 13.2 Å². The van der Waals surface area contributed by atoms with Crippen molar-refractivity contribution >= 4 is 23.2 Å². The van der Waals surface area contributed by atoms with Gasteiger partial charge >= 0.3 is 0 Å². The van der Waals surface area contributed by atoms with E-state index < -0.39 is 0 Å². The Morgan fingerprint density at radius 2 is 1.95 bits per heavy atom. The molecule has 2 atom stereocenters. The van der Waals surface area contributed by atoms with Gasteiger partial charge in [0.2, 0.25) is 0 Å². The van der Waals surface area contributed by atoms with E-state index in [1.54, 1.807) is 0 Å². The minimum Gasteiger partial charge on any atom is -0.377 e. The minimum absolute atomic E-state index is 0.194. The van der Waals surface area contributed by atoms with Crippen LogP contribution in [0.25, 0.3) is 0 Å². The molecule has 0 aliphatic heterocycles. The quantitative estimate of drug-likeness (QED) is 0.772. The van der Waals surface area contributed by atoms with E-state index in [0.29, 0.717) is 10.0 Å². The summed E-state index contributed by atoms with van der Waals surface area (Å²) in [5.74, 6) is 0. The topological polar surface area (TPSA) is 21.3 Å². The van der Waals surface area contributed by atoms with Crippen LogP contribution in [0.15, 0.2) is 18.2 Å². The fourth-order valence-corrected chi connectivity index (χ4v) is 2.67. The SMILES string of the molecule is CCNC(Cc1cccc(Cl)c1Cl)C(CC)OCC. The zero-order valence-corrected chi connectivity index (χ0v) is 13.4. The molecule has 0 aromatic heterocycles. The summed E-state index contributed by atoms with van der Waals surface area (Å²) in [7, 11) is 0. The second-order valence-electron chi connectivity index (χ2n) is 4.48. The van der Waals surface area contributed by atoms with Crippen LogP contribution >= 0.6 is 23.2 Å². The van der Waals surface area contributed by atoms with Gasteiger partial charge in [-0.25, -0.2) is 0 Å². The minimum atomic E-state index is 0.194. The molecule has 108 valence electrons. The Labute approximate surface area is 126 Å². The van der Waals surface area contributed by atoms with Crippen LogP contribution in [0.1, 0.15) is 32.8 Å². The zero-order chi connectivity index (χ0) is 14.3. The molecule has 2 nitrogen and oxygen atoms in total. The highest BCUT2D eigenvalue weighted by atomic mass is 35.5. The number of nitrogens with one attached hydrogen (secondary N) is 1. The highest BCUT2D eigenvalue weighted by molar-refractivity contribution is 6.42. The first kappa shape index (κ1) is 16.8. The van der Waals surface area contributed by atoms with Crippen molar-refractivity contribution in [1.29, 1.82) is 0 Å². The van der Waals surface area contributed by atoms with Crippen LogP contribution in [0, 0.1) is 0 Å². The fourth-order valence-electron chi connectivity index (χ4n) is 2.27. The third-order valence-corrected chi connectivity index (χ3v) is 4.03. The summed E-state index contributed by atoms with van der Waals surface area (Å²) in [6, 6.07) is 6.03. The van der Waals surface area contributed by atoms with Crippen molar-refractivity contribution in [1.82, 2.24) is 5.32 Å². The predicted octanol–water partition coefficient (Wildman–Crippen LogP) is 4.33. The van der Waals surface area contributed by atoms with E-state index in [-0.39, 0.29) is 12.1 Å². The van der Waals surface area contributed by atoms with Crippen molar-refractivity contribution < 1.29 is 4.74 Å². The van der Waals surface area contributed by atoms with Crippen LogP contribution in [0.5, 0.6) is 0 Å². The second-order valence-corrected chi connectivity index (χ2v) is 5.27. The number of benzene rings is 1. The molecule has 1 aromatic rings. The standard InChI is InChI=1S/C15H23Cl2NO/c1-4-14(19-6-3)13(18-5-2)10-11-8-7-9-12(16)15(11)17/h7-9,13-14,18H,4-6,10H2,1-3H3. The molecule has 0 bridgehead atoms. The van der Waals surface area contributed by atoms with Gasteiger partial charge in [-0.3, -0.25) is 0 Å². The first-order valence-electron chi connectivity index (χ1n) is 6.91. The molecule has 0 saturated heterocycles. The highest BCUT2D eigenvalue weighted by Crippen LogP contribution is 2.27. The van der Waals surface area contributed by atoms with Gasteiger partial charge in [0.05, 0.1) is 16.1 Å². The van der Waals surface area contributed by atoms with Crippen molar-refractivity contribution in [2.24, 2.45) is 0 Å². The summed E-state index contributed by atoms with van der Waals surface area (Å²) in [5, 5.41) is 4.75. The Kier molecular flexibility index (Phi) is 7.77. The molecule has 19 heavy (non-hydrogen) atoms. The van der Waals surface area contributed by atoms with Crippen molar-refractivity contribution in [3.8, 4) is 0 Å². The van der Waals surface area contributed by atoms with Gasteiger partial charge in [-0.15, -0.1) is 0 Å². The molecule has 1 rings (SSSR count). The van der Waals surface area contributed by atoms with E-state index in [0.717, 1.165) is 31.6 Å². The maximum absolute atomic E-state index is 6.26. The monoisotopic (exact) mass is 303 g/mol. The van der Waals surface area contributed by atoms with Gasteiger partial charge in [0, 0.05) is 12.6 Å². The van der Waals surface area contributed by atoms with E-state index in [1.807, 2.05) is 25.1 Å². The van der Waals surface area contributed by atoms with Crippen LogP contribution in [-0.2, 0) is 11.2 Å². The lowest BCUT2D eigenvalue weighted by atomic mass is 9.99. The average Bonchev–Trinajstić information content (AvgIpc) is 2.40. The van der Waals surface area contributed by atoms with Crippen molar-refractivity contribution in [2.45, 2.75) is 45.8 Å². The highest BCUT2D eigenvalue weighted by Gasteiger charge is 2.21. The molecule has 0 radical (unpaired) electrons. The molecule has 0 aliphatic rings. The van der Waals surface area contributed by atoms with E-state index in [2.05, 4.69) is 19.2 Å². The van der Waals surface area contributed by atoms with Crippen molar-refractivity contribution in [3.05, 3.63) is 33.8 Å². The Bertz CT molecular complexity index is 384. The number of halogens is 2. The van der Waals surface area contributed by atoms with Gasteiger partial charge in [-0.05, 0) is 37.9 Å². The summed E-state index contributed by atoms with van der Waals surface area (Å²) in [6.45, 7) is 7.91. The van der Waals surface area contributed by atoms with Gasteiger partial charge in [0.1, 0.15) is 0 Å². The van der Waals surface area contributed by atoms with Crippen LogP contribution in [0.3, 0.4) is 0 Å². The van der Waals surface area contributed by atoms with Crippen LogP contribution in [0.2, 0.25) is 10.0 Å². The number of likely N-dealkylation sites (N-methyl/N-ethyl adjacent to an activating group) is 1. The first-order valence-corrected chi connectivity index (χ1v) is 7.67. The van der Waals surface area contributed by atoms with Gasteiger partial charge < -0.3 is 10.1 Å². The van der Waals surface area contributed by atoms with Crippen molar-refractivity contribution in [3.63, 3.8) is 0 Å². The van der Waals surface area contributed by atoms with Gasteiger partial charge in [0.25, 0.3) is 0 Å². The predicted molar refractivity (Wildman–Crippen MR) is 83.3 cm³/mol. The molecule has 0 heterocycles. The molecular weight excluding hydrogens is 281 g/mol. The summed E-state index contributed by atoms with van der Waals surface area (Å²) < 4.78 is 5.81. The summed E-state index contributed by atoms with van der Waals surface area (Å²) >= 11 is 12.3. The molecule has 1 N–H and O–H groups in total. The Hall–Kier alpha value is -0.280. The normalized spacial score (nSPS) is 14.4. The van der Waals surface area contributed by atoms with Gasteiger partial charge in [-0.1, -0.05) is 49.2 Å². The molecule has 0 amide bonds. The van der Waals surface area contributed by atoms with E-state index in [4.69, 9.17) is 27.9 Å². The molecule has 0 aliphatic carbocycles. The molecular formula is C15H23Cl2NO. The lowest BCUT2D eigenvalue weighted by Crippen LogP contribution is -2.42. The summed E-state index contributed by atoms with van der Waals surface area (Å²) in [5.41, 5.74) is 1.07. The maximum atomic E-state index is 6.26.